The van der Waals surface area contributed by atoms with Gasteiger partial charge in [0.05, 0.1) is 16.8 Å². The number of halogens is 1. The molecule has 4 rings (SSSR count). The van der Waals surface area contributed by atoms with Crippen LogP contribution in [0.1, 0.15) is 62.9 Å². The summed E-state index contributed by atoms with van der Waals surface area (Å²) in [6.45, 7) is 8.28. The van der Waals surface area contributed by atoms with Crippen LogP contribution >= 0.6 is 11.6 Å². The van der Waals surface area contributed by atoms with Gasteiger partial charge in [0, 0.05) is 38.2 Å². The van der Waals surface area contributed by atoms with Crippen LogP contribution in [0.3, 0.4) is 0 Å². The third-order valence-electron chi connectivity index (χ3n) is 6.48. The third kappa shape index (κ3) is 6.22. The molecule has 0 saturated carbocycles. The molecule has 0 bridgehead atoms. The molecular formula is C28H33ClN4O. The summed E-state index contributed by atoms with van der Waals surface area (Å²) in [5, 5.41) is 3.07. The predicted octanol–water partition coefficient (Wildman–Crippen LogP) is 5.32. The van der Waals surface area contributed by atoms with Gasteiger partial charge in [0.1, 0.15) is 5.82 Å². The standard InChI is InChI=1S/C28H33ClN4O/c1-19-13-20(2)15-23(14-19)17-31-28(34)25-18-30-21(3)32-27(25)24-9-11-33(12-10-24)26(29)16-22-7-5-4-6-8-22/h4-8,13-15,18,24,26H,9-12,16-17H2,1-3H3,(H,31,34). The zero-order valence-electron chi connectivity index (χ0n) is 20.2. The molecule has 2 heterocycles. The number of alkyl halides is 1. The van der Waals surface area contributed by atoms with Crippen LogP contribution in [0.4, 0.5) is 0 Å². The van der Waals surface area contributed by atoms with E-state index in [1.807, 2.05) is 13.0 Å². The summed E-state index contributed by atoms with van der Waals surface area (Å²) >= 11 is 6.75. The number of rotatable bonds is 7. The van der Waals surface area contributed by atoms with Crippen molar-refractivity contribution in [2.75, 3.05) is 13.1 Å². The molecule has 0 radical (unpaired) electrons. The van der Waals surface area contributed by atoms with Crippen molar-refractivity contribution in [2.45, 2.75) is 58.0 Å². The Hall–Kier alpha value is -2.76. The van der Waals surface area contributed by atoms with Gasteiger partial charge in [0.25, 0.3) is 5.91 Å². The summed E-state index contributed by atoms with van der Waals surface area (Å²) in [4.78, 5) is 24.5. The van der Waals surface area contributed by atoms with Gasteiger partial charge in [-0.25, -0.2) is 9.97 Å². The third-order valence-corrected chi connectivity index (χ3v) is 6.91. The molecule has 6 heteroatoms. The minimum absolute atomic E-state index is 0.0314. The van der Waals surface area contributed by atoms with Crippen LogP contribution in [0, 0.1) is 20.8 Å². The van der Waals surface area contributed by atoms with Crippen molar-refractivity contribution in [3.63, 3.8) is 0 Å². The number of hydrogen-bond donors (Lipinski definition) is 1. The van der Waals surface area contributed by atoms with Gasteiger partial charge in [0.2, 0.25) is 0 Å². The van der Waals surface area contributed by atoms with Crippen LogP contribution in [0.15, 0.2) is 54.7 Å². The van der Waals surface area contributed by atoms with Crippen molar-refractivity contribution in [3.05, 3.63) is 94.1 Å². The summed E-state index contributed by atoms with van der Waals surface area (Å²) in [6, 6.07) is 16.7. The van der Waals surface area contributed by atoms with Gasteiger partial charge >= 0.3 is 0 Å². The topological polar surface area (TPSA) is 58.1 Å². The number of amides is 1. The molecule has 5 nitrogen and oxygen atoms in total. The van der Waals surface area contributed by atoms with Crippen molar-refractivity contribution in [1.29, 1.82) is 0 Å². The van der Waals surface area contributed by atoms with E-state index in [2.05, 4.69) is 71.5 Å². The molecule has 1 N–H and O–H groups in total. The number of carbonyl (C=O) groups excluding carboxylic acids is 1. The van der Waals surface area contributed by atoms with Crippen LogP contribution < -0.4 is 5.32 Å². The fourth-order valence-corrected chi connectivity index (χ4v) is 5.19. The Morgan fingerprint density at radius 3 is 2.41 bits per heavy atom. The first-order valence-electron chi connectivity index (χ1n) is 12.0. The molecule has 1 unspecified atom stereocenters. The summed E-state index contributed by atoms with van der Waals surface area (Å²) in [5.74, 6) is 0.805. The summed E-state index contributed by atoms with van der Waals surface area (Å²) in [5.41, 5.74) is 6.15. The Labute approximate surface area is 207 Å². The average molecular weight is 477 g/mol. The number of carbonyl (C=O) groups is 1. The van der Waals surface area contributed by atoms with Crippen LogP contribution in [0.2, 0.25) is 0 Å². The largest absolute Gasteiger partial charge is 0.348 e. The number of nitrogens with zero attached hydrogens (tertiary/aromatic N) is 3. The second-order valence-electron chi connectivity index (χ2n) is 9.33. The Bertz CT molecular complexity index is 1110. The van der Waals surface area contributed by atoms with Crippen molar-refractivity contribution in [2.24, 2.45) is 0 Å². The van der Waals surface area contributed by atoms with Gasteiger partial charge in [-0.15, -0.1) is 11.6 Å². The van der Waals surface area contributed by atoms with E-state index in [0.717, 1.165) is 43.6 Å². The molecule has 0 aliphatic carbocycles. The van der Waals surface area contributed by atoms with Crippen LogP contribution in [0.5, 0.6) is 0 Å². The molecule has 3 aromatic rings. The van der Waals surface area contributed by atoms with Gasteiger partial charge in [-0.1, -0.05) is 59.7 Å². The number of aromatic nitrogens is 2. The number of aryl methyl sites for hydroxylation is 3. The van der Waals surface area contributed by atoms with Gasteiger partial charge in [-0.3, -0.25) is 9.69 Å². The van der Waals surface area contributed by atoms with E-state index in [4.69, 9.17) is 16.6 Å². The second-order valence-corrected chi connectivity index (χ2v) is 9.83. The highest BCUT2D eigenvalue weighted by atomic mass is 35.5. The molecule has 178 valence electrons. The first-order chi connectivity index (χ1) is 16.4. The number of benzene rings is 2. The highest BCUT2D eigenvalue weighted by Gasteiger charge is 2.28. The van der Waals surface area contributed by atoms with Crippen molar-refractivity contribution < 1.29 is 4.79 Å². The van der Waals surface area contributed by atoms with Gasteiger partial charge < -0.3 is 5.32 Å². The predicted molar refractivity (Wildman–Crippen MR) is 137 cm³/mol. The quantitative estimate of drug-likeness (QED) is 0.370. The number of nitrogens with one attached hydrogen (secondary N) is 1. The van der Waals surface area contributed by atoms with E-state index in [-0.39, 0.29) is 17.3 Å². The molecule has 34 heavy (non-hydrogen) atoms. The number of likely N-dealkylation sites (tertiary alicyclic amines) is 1. The molecule has 1 aromatic heterocycles. The van der Waals surface area contributed by atoms with Crippen molar-refractivity contribution in [1.82, 2.24) is 20.2 Å². The molecular weight excluding hydrogens is 444 g/mol. The Kier molecular flexibility index (Phi) is 7.96. The first kappa shape index (κ1) is 24.4. The van der Waals surface area contributed by atoms with Crippen LogP contribution in [0.25, 0.3) is 0 Å². The molecule has 1 amide bonds. The van der Waals surface area contributed by atoms with Crippen molar-refractivity contribution in [3.8, 4) is 0 Å². The lowest BCUT2D eigenvalue weighted by Crippen LogP contribution is -2.39. The van der Waals surface area contributed by atoms with Gasteiger partial charge in [0.15, 0.2) is 0 Å². The zero-order valence-corrected chi connectivity index (χ0v) is 21.0. The summed E-state index contributed by atoms with van der Waals surface area (Å²) in [6.07, 6.45) is 4.35. The maximum absolute atomic E-state index is 13.1. The summed E-state index contributed by atoms with van der Waals surface area (Å²) < 4.78 is 0. The fourth-order valence-electron chi connectivity index (χ4n) is 4.81. The smallest absolute Gasteiger partial charge is 0.254 e. The lowest BCUT2D eigenvalue weighted by Gasteiger charge is -2.35. The van der Waals surface area contributed by atoms with E-state index >= 15 is 0 Å². The Balaban J connectivity index is 1.40. The molecule has 1 fully saturated rings. The van der Waals surface area contributed by atoms with Crippen LogP contribution in [-0.2, 0) is 13.0 Å². The molecule has 2 aromatic carbocycles. The van der Waals surface area contributed by atoms with Crippen molar-refractivity contribution >= 4 is 17.5 Å². The molecule has 1 aliphatic rings. The molecule has 1 saturated heterocycles. The Morgan fingerprint density at radius 2 is 1.74 bits per heavy atom. The lowest BCUT2D eigenvalue weighted by molar-refractivity contribution is 0.0947. The van der Waals surface area contributed by atoms with E-state index in [9.17, 15) is 4.79 Å². The minimum Gasteiger partial charge on any atom is -0.348 e. The van der Waals surface area contributed by atoms with E-state index in [1.54, 1.807) is 6.20 Å². The maximum Gasteiger partial charge on any atom is 0.254 e. The van der Waals surface area contributed by atoms with E-state index in [1.165, 1.54) is 16.7 Å². The average Bonchev–Trinajstić information content (AvgIpc) is 2.82. The van der Waals surface area contributed by atoms with E-state index < -0.39 is 0 Å². The highest BCUT2D eigenvalue weighted by Crippen LogP contribution is 2.31. The van der Waals surface area contributed by atoms with Crippen LogP contribution in [-0.4, -0.2) is 39.4 Å². The SMILES string of the molecule is Cc1cc(C)cc(CNC(=O)c2cnc(C)nc2C2CCN(C(Cl)Cc3ccccc3)CC2)c1. The first-order valence-corrected chi connectivity index (χ1v) is 12.4. The molecule has 1 aliphatic heterocycles. The summed E-state index contributed by atoms with van der Waals surface area (Å²) in [7, 11) is 0. The Morgan fingerprint density at radius 1 is 1.06 bits per heavy atom. The fraction of sp³-hybridized carbons (Fsp3) is 0.393. The number of piperidine rings is 1. The zero-order chi connectivity index (χ0) is 24.1. The lowest BCUT2D eigenvalue weighted by atomic mass is 9.90. The van der Waals surface area contributed by atoms with Gasteiger partial charge in [-0.2, -0.15) is 0 Å². The number of hydrogen-bond acceptors (Lipinski definition) is 4. The minimum atomic E-state index is -0.115. The monoisotopic (exact) mass is 476 g/mol. The van der Waals surface area contributed by atoms with Gasteiger partial charge in [-0.05, 0) is 44.7 Å². The second kappa shape index (κ2) is 11.1. The molecule has 1 atom stereocenters. The normalized spacial score (nSPS) is 15.8. The molecule has 0 spiro atoms. The van der Waals surface area contributed by atoms with E-state index in [0.29, 0.717) is 17.9 Å². The highest BCUT2D eigenvalue weighted by molar-refractivity contribution is 6.20. The maximum atomic E-state index is 13.1.